The Morgan fingerprint density at radius 3 is 2.45 bits per heavy atom. The third kappa shape index (κ3) is 2.89. The van der Waals surface area contributed by atoms with E-state index < -0.39 is 5.79 Å². The molecule has 0 bridgehead atoms. The fourth-order valence-electron chi connectivity index (χ4n) is 4.39. The van der Waals surface area contributed by atoms with Crippen molar-refractivity contribution in [1.29, 1.82) is 0 Å². The molecule has 1 aliphatic heterocycles. The Kier molecular flexibility index (Phi) is 4.65. The first-order valence-electron chi connectivity index (χ1n) is 8.46. The number of nitrogens with zero attached hydrogens (tertiary/aromatic N) is 1. The van der Waals surface area contributed by atoms with Gasteiger partial charge in [0, 0.05) is 24.9 Å². The lowest BCUT2D eigenvalue weighted by molar-refractivity contribution is -0.207. The van der Waals surface area contributed by atoms with Crippen molar-refractivity contribution in [3.8, 4) is 0 Å². The minimum atomic E-state index is -0.397. The van der Waals surface area contributed by atoms with E-state index >= 15 is 0 Å². The van der Waals surface area contributed by atoms with Crippen LogP contribution in [0.2, 0.25) is 0 Å². The van der Waals surface area contributed by atoms with Crippen LogP contribution in [0.15, 0.2) is 0 Å². The Bertz CT molecular complexity index is 311. The van der Waals surface area contributed by atoms with Gasteiger partial charge >= 0.3 is 0 Å². The molecular formula is C16H29NO3. The second kappa shape index (κ2) is 6.30. The summed E-state index contributed by atoms with van der Waals surface area (Å²) in [5, 5.41) is 10.5. The highest BCUT2D eigenvalue weighted by Crippen LogP contribution is 2.39. The van der Waals surface area contributed by atoms with Crippen LogP contribution in [0.3, 0.4) is 0 Å². The van der Waals surface area contributed by atoms with Crippen LogP contribution in [0.4, 0.5) is 0 Å². The van der Waals surface area contributed by atoms with Crippen LogP contribution in [0.25, 0.3) is 0 Å². The Morgan fingerprint density at radius 2 is 1.80 bits per heavy atom. The molecule has 0 aromatic heterocycles. The molecule has 2 unspecified atom stereocenters. The lowest BCUT2D eigenvalue weighted by Gasteiger charge is -2.47. The van der Waals surface area contributed by atoms with E-state index in [-0.39, 0.29) is 12.1 Å². The van der Waals surface area contributed by atoms with Crippen LogP contribution in [0.5, 0.6) is 0 Å². The zero-order valence-corrected chi connectivity index (χ0v) is 12.7. The third-order valence-corrected chi connectivity index (χ3v) is 5.43. The van der Waals surface area contributed by atoms with Crippen molar-refractivity contribution in [1.82, 2.24) is 4.90 Å². The number of hydrogen-bond acceptors (Lipinski definition) is 4. The summed E-state index contributed by atoms with van der Waals surface area (Å²) < 4.78 is 11.8. The number of rotatable bonds is 3. The molecule has 1 saturated heterocycles. The molecule has 0 aromatic carbocycles. The van der Waals surface area contributed by atoms with Crippen LogP contribution in [0.1, 0.15) is 58.3 Å². The quantitative estimate of drug-likeness (QED) is 0.863. The standard InChI is InChI=1S/C16H29NO3/c1-2-17(13-6-4-3-5-7-13)14-12-16(9-8-15(14)18)19-10-11-20-16/h13-15,18H,2-12H2,1H3. The molecule has 2 saturated carbocycles. The number of likely N-dealkylation sites (N-methyl/N-ethyl adjacent to an activating group) is 1. The Labute approximate surface area is 122 Å². The van der Waals surface area contributed by atoms with Gasteiger partial charge in [-0.15, -0.1) is 0 Å². The van der Waals surface area contributed by atoms with Gasteiger partial charge in [0.2, 0.25) is 0 Å². The molecule has 3 rings (SSSR count). The highest BCUT2D eigenvalue weighted by Gasteiger charge is 2.47. The maximum atomic E-state index is 10.5. The van der Waals surface area contributed by atoms with E-state index in [0.29, 0.717) is 19.3 Å². The van der Waals surface area contributed by atoms with Crippen molar-refractivity contribution in [3.63, 3.8) is 0 Å². The van der Waals surface area contributed by atoms with E-state index in [4.69, 9.17) is 9.47 Å². The van der Waals surface area contributed by atoms with Gasteiger partial charge in [-0.2, -0.15) is 0 Å². The largest absolute Gasteiger partial charge is 0.391 e. The first-order valence-corrected chi connectivity index (χ1v) is 8.46. The molecule has 0 amide bonds. The maximum Gasteiger partial charge on any atom is 0.170 e. The molecule has 3 aliphatic rings. The van der Waals surface area contributed by atoms with Crippen LogP contribution < -0.4 is 0 Å². The first kappa shape index (κ1) is 14.8. The second-order valence-electron chi connectivity index (χ2n) is 6.61. The van der Waals surface area contributed by atoms with Gasteiger partial charge < -0.3 is 14.6 Å². The van der Waals surface area contributed by atoms with Crippen LogP contribution >= 0.6 is 0 Å². The minimum Gasteiger partial charge on any atom is -0.391 e. The SMILES string of the molecule is CCN(C1CCCCC1)C1CC2(CCC1O)OCCO2. The Morgan fingerprint density at radius 1 is 1.10 bits per heavy atom. The predicted octanol–water partition coefficient (Wildman–Crippen LogP) is 2.30. The van der Waals surface area contributed by atoms with Crippen LogP contribution in [-0.2, 0) is 9.47 Å². The molecule has 0 radical (unpaired) electrons. The highest BCUT2D eigenvalue weighted by molar-refractivity contribution is 4.95. The summed E-state index contributed by atoms with van der Waals surface area (Å²) in [6.07, 6.45) is 8.86. The van der Waals surface area contributed by atoms with Crippen molar-refractivity contribution in [2.45, 2.75) is 82.3 Å². The lowest BCUT2D eigenvalue weighted by atomic mass is 9.84. The second-order valence-corrected chi connectivity index (χ2v) is 6.61. The van der Waals surface area contributed by atoms with Gasteiger partial charge in [0.05, 0.1) is 19.3 Å². The summed E-state index contributed by atoms with van der Waals surface area (Å²) in [6, 6.07) is 0.847. The Balaban J connectivity index is 1.70. The predicted molar refractivity (Wildman–Crippen MR) is 77.5 cm³/mol. The molecule has 4 heteroatoms. The monoisotopic (exact) mass is 283 g/mol. The van der Waals surface area contributed by atoms with Crippen LogP contribution in [-0.4, -0.2) is 53.7 Å². The normalized spacial score (nSPS) is 35.0. The fraction of sp³-hybridized carbons (Fsp3) is 1.00. The molecule has 3 fully saturated rings. The molecular weight excluding hydrogens is 254 g/mol. The van der Waals surface area contributed by atoms with Gasteiger partial charge in [0.1, 0.15) is 0 Å². The van der Waals surface area contributed by atoms with E-state index in [1.54, 1.807) is 0 Å². The fourth-order valence-corrected chi connectivity index (χ4v) is 4.39. The highest BCUT2D eigenvalue weighted by atomic mass is 16.7. The van der Waals surface area contributed by atoms with Crippen molar-refractivity contribution in [3.05, 3.63) is 0 Å². The molecule has 116 valence electrons. The van der Waals surface area contributed by atoms with Crippen molar-refractivity contribution >= 4 is 0 Å². The molecule has 1 heterocycles. The first-order chi connectivity index (χ1) is 9.74. The van der Waals surface area contributed by atoms with Gasteiger partial charge in [-0.05, 0) is 25.8 Å². The van der Waals surface area contributed by atoms with Gasteiger partial charge in [-0.3, -0.25) is 4.90 Å². The van der Waals surface area contributed by atoms with Crippen molar-refractivity contribution in [2.75, 3.05) is 19.8 Å². The average Bonchev–Trinajstić information content (AvgIpc) is 2.93. The number of hydrogen-bond donors (Lipinski definition) is 1. The van der Waals surface area contributed by atoms with Gasteiger partial charge in [0.25, 0.3) is 0 Å². The van der Waals surface area contributed by atoms with Gasteiger partial charge in [-0.1, -0.05) is 26.2 Å². The van der Waals surface area contributed by atoms with E-state index in [9.17, 15) is 5.11 Å². The number of aliphatic hydroxyl groups is 1. The van der Waals surface area contributed by atoms with Gasteiger partial charge in [0.15, 0.2) is 5.79 Å². The molecule has 1 N–H and O–H groups in total. The zero-order valence-electron chi connectivity index (χ0n) is 12.7. The zero-order chi connectivity index (χ0) is 14.0. The minimum absolute atomic E-state index is 0.204. The van der Waals surface area contributed by atoms with Crippen LogP contribution in [0, 0.1) is 0 Å². The molecule has 1 spiro atoms. The van der Waals surface area contributed by atoms with E-state index in [0.717, 1.165) is 25.8 Å². The summed E-state index contributed by atoms with van der Waals surface area (Å²) in [5.41, 5.74) is 0. The smallest absolute Gasteiger partial charge is 0.170 e. The summed E-state index contributed by atoms with van der Waals surface area (Å²) in [7, 11) is 0. The number of aliphatic hydroxyl groups excluding tert-OH is 1. The van der Waals surface area contributed by atoms with Crippen molar-refractivity contribution in [2.24, 2.45) is 0 Å². The summed E-state index contributed by atoms with van der Waals surface area (Å²) in [6.45, 7) is 4.65. The molecule has 20 heavy (non-hydrogen) atoms. The van der Waals surface area contributed by atoms with E-state index in [2.05, 4.69) is 11.8 Å². The molecule has 2 atom stereocenters. The molecule has 4 nitrogen and oxygen atoms in total. The van der Waals surface area contributed by atoms with Crippen molar-refractivity contribution < 1.29 is 14.6 Å². The number of ether oxygens (including phenoxy) is 2. The average molecular weight is 283 g/mol. The van der Waals surface area contributed by atoms with E-state index in [1.165, 1.54) is 32.1 Å². The summed E-state index contributed by atoms with van der Waals surface area (Å²) >= 11 is 0. The molecule has 0 aromatic rings. The van der Waals surface area contributed by atoms with Gasteiger partial charge in [-0.25, -0.2) is 0 Å². The Hall–Kier alpha value is -0.160. The lowest BCUT2D eigenvalue weighted by Crippen LogP contribution is -2.56. The summed E-state index contributed by atoms with van der Waals surface area (Å²) in [5.74, 6) is -0.397. The maximum absolute atomic E-state index is 10.5. The third-order valence-electron chi connectivity index (χ3n) is 5.43. The van der Waals surface area contributed by atoms with E-state index in [1.807, 2.05) is 0 Å². The topological polar surface area (TPSA) is 41.9 Å². The molecule has 2 aliphatic carbocycles. The summed E-state index contributed by atoms with van der Waals surface area (Å²) in [4.78, 5) is 2.54.